The third kappa shape index (κ3) is 2.43. The van der Waals surface area contributed by atoms with Crippen molar-refractivity contribution in [2.24, 2.45) is 0 Å². The Morgan fingerprint density at radius 1 is 1.41 bits per heavy atom. The van der Waals surface area contributed by atoms with E-state index in [2.05, 4.69) is 10.1 Å². The summed E-state index contributed by atoms with van der Waals surface area (Å²) >= 11 is 1.28. The van der Waals surface area contributed by atoms with Crippen LogP contribution in [-0.4, -0.2) is 34.3 Å². The van der Waals surface area contributed by atoms with Crippen molar-refractivity contribution in [3.63, 3.8) is 0 Å². The molecule has 3 aromatic rings. The number of rotatable bonds is 4. The van der Waals surface area contributed by atoms with Gasteiger partial charge in [-0.25, -0.2) is 9.31 Å². The number of carbonyl (C=O) groups excluding carboxylic acids is 1. The van der Waals surface area contributed by atoms with E-state index in [0.717, 1.165) is 17.0 Å². The summed E-state index contributed by atoms with van der Waals surface area (Å²) in [6.45, 7) is 3.96. The first kappa shape index (κ1) is 14.5. The van der Waals surface area contributed by atoms with Gasteiger partial charge in [0.15, 0.2) is 5.82 Å². The Balaban J connectivity index is 2.02. The van der Waals surface area contributed by atoms with Gasteiger partial charge in [0.1, 0.15) is 10.6 Å². The SMILES string of the molecule is CCOC(=O)c1sc2nc(-c3cccc(OC)c3)nn2c1C. The highest BCUT2D eigenvalue weighted by atomic mass is 32.1. The molecule has 0 amide bonds. The van der Waals surface area contributed by atoms with Gasteiger partial charge in [-0.1, -0.05) is 23.5 Å². The van der Waals surface area contributed by atoms with Crippen molar-refractivity contribution in [1.29, 1.82) is 0 Å². The third-order valence-electron chi connectivity index (χ3n) is 3.21. The van der Waals surface area contributed by atoms with Crippen LogP contribution in [0.25, 0.3) is 16.3 Å². The first-order valence-electron chi connectivity index (χ1n) is 6.81. The number of aromatic nitrogens is 3. The first-order valence-corrected chi connectivity index (χ1v) is 7.63. The number of hydrogen-bond donors (Lipinski definition) is 0. The molecule has 2 heterocycles. The van der Waals surface area contributed by atoms with Gasteiger partial charge >= 0.3 is 5.97 Å². The number of thiazole rings is 1. The molecule has 0 saturated carbocycles. The van der Waals surface area contributed by atoms with Gasteiger partial charge in [-0.15, -0.1) is 5.10 Å². The normalized spacial score (nSPS) is 10.9. The molecule has 0 aliphatic heterocycles. The predicted octanol–water partition coefficient (Wildman–Crippen LogP) is 2.95. The standard InChI is InChI=1S/C15H15N3O3S/c1-4-21-14(19)12-9(2)18-15(22-12)16-13(17-18)10-6-5-7-11(8-10)20-3/h5-8H,4H2,1-3H3. The number of fused-ring (bicyclic) bond motifs is 1. The number of benzene rings is 1. The lowest BCUT2D eigenvalue weighted by Crippen LogP contribution is -2.05. The summed E-state index contributed by atoms with van der Waals surface area (Å²) in [7, 11) is 1.62. The van der Waals surface area contributed by atoms with E-state index >= 15 is 0 Å². The van der Waals surface area contributed by atoms with E-state index in [1.54, 1.807) is 18.5 Å². The van der Waals surface area contributed by atoms with Gasteiger partial charge in [-0.2, -0.15) is 4.98 Å². The Bertz CT molecular complexity index is 838. The average molecular weight is 317 g/mol. The largest absolute Gasteiger partial charge is 0.497 e. The highest BCUT2D eigenvalue weighted by Gasteiger charge is 2.20. The van der Waals surface area contributed by atoms with Gasteiger partial charge < -0.3 is 9.47 Å². The Labute approximate surface area is 131 Å². The van der Waals surface area contributed by atoms with Crippen LogP contribution in [0.1, 0.15) is 22.3 Å². The summed E-state index contributed by atoms with van der Waals surface area (Å²) in [5, 5.41) is 4.47. The van der Waals surface area contributed by atoms with E-state index in [0.29, 0.717) is 22.3 Å². The predicted molar refractivity (Wildman–Crippen MR) is 83.5 cm³/mol. The number of esters is 1. The molecule has 3 rings (SSSR count). The average Bonchev–Trinajstić information content (AvgIpc) is 3.07. The molecule has 0 fully saturated rings. The minimum atomic E-state index is -0.333. The van der Waals surface area contributed by atoms with Crippen LogP contribution in [0.15, 0.2) is 24.3 Å². The molecule has 0 saturated heterocycles. The second-order valence-corrected chi connectivity index (χ2v) is 5.58. The van der Waals surface area contributed by atoms with Crippen LogP contribution in [0, 0.1) is 6.92 Å². The van der Waals surface area contributed by atoms with Crippen molar-refractivity contribution in [2.75, 3.05) is 13.7 Å². The molecule has 0 radical (unpaired) electrons. The summed E-state index contributed by atoms with van der Waals surface area (Å²) in [4.78, 5) is 17.6. The number of nitrogens with zero attached hydrogens (tertiary/aromatic N) is 3. The molecule has 0 bridgehead atoms. The smallest absolute Gasteiger partial charge is 0.350 e. The molecule has 22 heavy (non-hydrogen) atoms. The fourth-order valence-electron chi connectivity index (χ4n) is 2.11. The molecule has 0 spiro atoms. The maximum atomic E-state index is 11.9. The van der Waals surface area contributed by atoms with Crippen LogP contribution < -0.4 is 4.74 Å². The third-order valence-corrected chi connectivity index (χ3v) is 4.32. The Morgan fingerprint density at radius 2 is 2.23 bits per heavy atom. The van der Waals surface area contributed by atoms with Crippen LogP contribution in [0.4, 0.5) is 0 Å². The van der Waals surface area contributed by atoms with E-state index in [1.807, 2.05) is 31.2 Å². The topological polar surface area (TPSA) is 65.7 Å². The summed E-state index contributed by atoms with van der Waals surface area (Å²) in [5.41, 5.74) is 1.60. The van der Waals surface area contributed by atoms with Gasteiger partial charge in [-0.3, -0.25) is 0 Å². The second kappa shape index (κ2) is 5.76. The zero-order valence-electron chi connectivity index (χ0n) is 12.5. The van der Waals surface area contributed by atoms with Crippen LogP contribution >= 0.6 is 11.3 Å². The Kier molecular flexibility index (Phi) is 3.81. The molecule has 2 aromatic heterocycles. The van der Waals surface area contributed by atoms with Crippen LogP contribution in [-0.2, 0) is 4.74 Å². The molecule has 0 aliphatic carbocycles. The van der Waals surface area contributed by atoms with Gasteiger partial charge in [0.2, 0.25) is 4.96 Å². The van der Waals surface area contributed by atoms with Gasteiger partial charge in [0.05, 0.1) is 19.4 Å². The van der Waals surface area contributed by atoms with Gasteiger partial charge in [0, 0.05) is 5.56 Å². The number of hydrogen-bond acceptors (Lipinski definition) is 6. The zero-order valence-corrected chi connectivity index (χ0v) is 13.3. The summed E-state index contributed by atoms with van der Waals surface area (Å²) in [6.07, 6.45) is 0. The Hall–Kier alpha value is -2.41. The molecule has 0 unspecified atom stereocenters. The van der Waals surface area contributed by atoms with E-state index in [4.69, 9.17) is 9.47 Å². The fraction of sp³-hybridized carbons (Fsp3) is 0.267. The summed E-state index contributed by atoms with van der Waals surface area (Å²) in [6, 6.07) is 7.55. The minimum Gasteiger partial charge on any atom is -0.497 e. The van der Waals surface area contributed by atoms with E-state index in [9.17, 15) is 4.79 Å². The first-order chi connectivity index (χ1) is 10.6. The Morgan fingerprint density at radius 3 is 2.91 bits per heavy atom. The molecular weight excluding hydrogens is 302 g/mol. The van der Waals surface area contributed by atoms with Crippen LogP contribution in [0.2, 0.25) is 0 Å². The van der Waals surface area contributed by atoms with Crippen molar-refractivity contribution >= 4 is 22.3 Å². The van der Waals surface area contributed by atoms with Gasteiger partial charge in [-0.05, 0) is 26.0 Å². The zero-order chi connectivity index (χ0) is 15.7. The quantitative estimate of drug-likeness (QED) is 0.692. The lowest BCUT2D eigenvalue weighted by molar-refractivity contribution is 0.0530. The van der Waals surface area contributed by atoms with Crippen LogP contribution in [0.3, 0.4) is 0 Å². The van der Waals surface area contributed by atoms with E-state index in [1.165, 1.54) is 11.3 Å². The molecule has 1 aromatic carbocycles. The highest BCUT2D eigenvalue weighted by Crippen LogP contribution is 2.26. The maximum absolute atomic E-state index is 11.9. The molecular formula is C15H15N3O3S. The highest BCUT2D eigenvalue weighted by molar-refractivity contribution is 7.19. The molecule has 0 aliphatic rings. The van der Waals surface area contributed by atoms with E-state index in [-0.39, 0.29) is 5.97 Å². The molecule has 0 N–H and O–H groups in total. The molecule has 0 atom stereocenters. The number of carbonyl (C=O) groups is 1. The monoisotopic (exact) mass is 317 g/mol. The van der Waals surface area contributed by atoms with Crippen molar-refractivity contribution in [1.82, 2.24) is 14.6 Å². The van der Waals surface area contributed by atoms with Crippen molar-refractivity contribution in [3.8, 4) is 17.1 Å². The lowest BCUT2D eigenvalue weighted by Gasteiger charge is -2.01. The fourth-order valence-corrected chi connectivity index (χ4v) is 3.07. The van der Waals surface area contributed by atoms with Crippen molar-refractivity contribution in [2.45, 2.75) is 13.8 Å². The minimum absolute atomic E-state index is 0.333. The molecule has 7 heteroatoms. The summed E-state index contributed by atoms with van der Waals surface area (Å²) in [5.74, 6) is 1.02. The second-order valence-electron chi connectivity index (χ2n) is 4.60. The maximum Gasteiger partial charge on any atom is 0.350 e. The number of ether oxygens (including phenoxy) is 2. The number of methoxy groups -OCH3 is 1. The van der Waals surface area contributed by atoms with Crippen molar-refractivity contribution < 1.29 is 14.3 Å². The van der Waals surface area contributed by atoms with Gasteiger partial charge in [0.25, 0.3) is 0 Å². The number of aryl methyl sites for hydroxylation is 1. The van der Waals surface area contributed by atoms with Crippen LogP contribution in [0.5, 0.6) is 5.75 Å². The summed E-state index contributed by atoms with van der Waals surface area (Å²) < 4.78 is 11.9. The lowest BCUT2D eigenvalue weighted by atomic mass is 10.2. The molecule has 114 valence electrons. The van der Waals surface area contributed by atoms with Crippen molar-refractivity contribution in [3.05, 3.63) is 34.8 Å². The van der Waals surface area contributed by atoms with E-state index < -0.39 is 0 Å². The molecule has 6 nitrogen and oxygen atoms in total.